The average Bonchev–Trinajstić information content (AvgIpc) is 3.40. The Hall–Kier alpha value is -3.26. The van der Waals surface area contributed by atoms with Crippen molar-refractivity contribution in [1.29, 1.82) is 0 Å². The number of tetrazole rings is 1. The van der Waals surface area contributed by atoms with Crippen molar-refractivity contribution in [2.24, 2.45) is 0 Å². The van der Waals surface area contributed by atoms with E-state index in [0.717, 1.165) is 47.2 Å². The van der Waals surface area contributed by atoms with Crippen LogP contribution < -0.4 is 5.69 Å². The number of aromatic amines is 1. The molecule has 0 aliphatic heterocycles. The van der Waals surface area contributed by atoms with Gasteiger partial charge < -0.3 is 0 Å². The number of aromatic nitrogens is 7. The first kappa shape index (κ1) is 21.0. The summed E-state index contributed by atoms with van der Waals surface area (Å²) < 4.78 is 3.48. The lowest BCUT2D eigenvalue weighted by atomic mass is 10.00. The fraction of sp³-hybridized carbons (Fsp3) is 0.318. The van der Waals surface area contributed by atoms with Crippen LogP contribution in [-0.2, 0) is 19.5 Å². The van der Waals surface area contributed by atoms with E-state index in [0.29, 0.717) is 24.1 Å². The van der Waals surface area contributed by atoms with Gasteiger partial charge in [0.1, 0.15) is 5.15 Å². The maximum atomic E-state index is 13.0. The summed E-state index contributed by atoms with van der Waals surface area (Å²) in [6, 6.07) is 10.1. The molecule has 0 aliphatic carbocycles. The summed E-state index contributed by atoms with van der Waals surface area (Å²) in [7, 11) is 0. The van der Waals surface area contributed by atoms with E-state index < -0.39 is 0 Å². The van der Waals surface area contributed by atoms with Crippen LogP contribution >= 0.6 is 11.6 Å². The van der Waals surface area contributed by atoms with Crippen molar-refractivity contribution < 1.29 is 0 Å². The molecule has 1 aromatic carbocycles. The standard InChI is InChI=1S/C22H24ClN7O/c1-3-5-19-20(23)29(12-4-2)22(31)30(19)14-15-6-8-16(9-7-15)17-10-11-24-13-18(17)21-25-27-28-26-21/h6-11,13H,3-5,12,14H2,1-2H3,(H,25,26,27,28). The number of pyridine rings is 1. The van der Waals surface area contributed by atoms with Crippen molar-refractivity contribution in [2.45, 2.75) is 46.2 Å². The first-order chi connectivity index (χ1) is 15.1. The second-order valence-electron chi connectivity index (χ2n) is 7.38. The summed E-state index contributed by atoms with van der Waals surface area (Å²) in [6.45, 7) is 5.25. The Labute approximate surface area is 184 Å². The second-order valence-corrected chi connectivity index (χ2v) is 7.73. The number of H-pyrrole nitrogens is 1. The molecule has 4 aromatic rings. The predicted octanol–water partition coefficient (Wildman–Crippen LogP) is 3.96. The van der Waals surface area contributed by atoms with Gasteiger partial charge in [-0.05, 0) is 46.0 Å². The van der Waals surface area contributed by atoms with Gasteiger partial charge in [0.25, 0.3) is 0 Å². The lowest BCUT2D eigenvalue weighted by Crippen LogP contribution is -2.25. The van der Waals surface area contributed by atoms with Crippen molar-refractivity contribution in [3.63, 3.8) is 0 Å². The Kier molecular flexibility index (Phi) is 6.27. The summed E-state index contributed by atoms with van der Waals surface area (Å²) >= 11 is 6.55. The molecule has 0 amide bonds. The van der Waals surface area contributed by atoms with Gasteiger partial charge in [0.15, 0.2) is 5.82 Å². The molecule has 0 spiro atoms. The normalized spacial score (nSPS) is 11.2. The van der Waals surface area contributed by atoms with Gasteiger partial charge in [-0.25, -0.2) is 9.89 Å². The van der Waals surface area contributed by atoms with Gasteiger partial charge in [-0.15, -0.1) is 5.10 Å². The quantitative estimate of drug-likeness (QED) is 0.450. The Morgan fingerprint density at radius 1 is 1.03 bits per heavy atom. The van der Waals surface area contributed by atoms with Gasteiger partial charge >= 0.3 is 5.69 Å². The average molecular weight is 438 g/mol. The fourth-order valence-electron chi connectivity index (χ4n) is 3.75. The van der Waals surface area contributed by atoms with E-state index in [1.807, 2.05) is 37.3 Å². The molecule has 4 rings (SSSR count). The molecule has 0 saturated heterocycles. The van der Waals surface area contributed by atoms with Crippen LogP contribution in [0.3, 0.4) is 0 Å². The topological polar surface area (TPSA) is 94.3 Å². The molecular formula is C22H24ClN7O. The molecule has 1 N–H and O–H groups in total. The van der Waals surface area contributed by atoms with Crippen LogP contribution in [0.15, 0.2) is 47.5 Å². The summed E-state index contributed by atoms with van der Waals surface area (Å²) in [4.78, 5) is 17.2. The minimum Gasteiger partial charge on any atom is -0.290 e. The number of rotatable bonds is 8. The van der Waals surface area contributed by atoms with E-state index in [4.69, 9.17) is 11.6 Å². The van der Waals surface area contributed by atoms with Gasteiger partial charge in [0, 0.05) is 24.5 Å². The molecule has 0 aliphatic rings. The van der Waals surface area contributed by atoms with E-state index in [1.165, 1.54) is 0 Å². The second kappa shape index (κ2) is 9.26. The lowest BCUT2D eigenvalue weighted by Gasteiger charge is -2.10. The SMILES string of the molecule is CCCc1c(Cl)n(CCC)c(=O)n1Cc1ccc(-c2ccncc2-c2nnn[nH]2)cc1. The first-order valence-electron chi connectivity index (χ1n) is 10.4. The number of hydrogen-bond acceptors (Lipinski definition) is 5. The Morgan fingerprint density at radius 3 is 2.52 bits per heavy atom. The highest BCUT2D eigenvalue weighted by Gasteiger charge is 2.18. The smallest absolute Gasteiger partial charge is 0.290 e. The number of hydrogen-bond donors (Lipinski definition) is 1. The van der Waals surface area contributed by atoms with Crippen LogP contribution in [0.1, 0.15) is 37.9 Å². The maximum Gasteiger partial charge on any atom is 0.329 e. The van der Waals surface area contributed by atoms with Gasteiger partial charge in [0.05, 0.1) is 12.2 Å². The van der Waals surface area contributed by atoms with Gasteiger partial charge in [-0.3, -0.25) is 14.1 Å². The summed E-state index contributed by atoms with van der Waals surface area (Å²) in [5.41, 5.74) is 4.70. The van der Waals surface area contributed by atoms with Crippen LogP contribution in [0.4, 0.5) is 0 Å². The summed E-state index contributed by atoms with van der Waals surface area (Å²) in [5.74, 6) is 0.565. The van der Waals surface area contributed by atoms with Gasteiger partial charge in [-0.2, -0.15) is 0 Å². The van der Waals surface area contributed by atoms with E-state index in [1.54, 1.807) is 21.5 Å². The highest BCUT2D eigenvalue weighted by molar-refractivity contribution is 6.30. The molecule has 0 radical (unpaired) electrons. The van der Waals surface area contributed by atoms with Gasteiger partial charge in [-0.1, -0.05) is 56.1 Å². The molecule has 0 unspecified atom stereocenters. The van der Waals surface area contributed by atoms with E-state index in [9.17, 15) is 4.79 Å². The van der Waals surface area contributed by atoms with Crippen molar-refractivity contribution in [1.82, 2.24) is 34.7 Å². The molecule has 160 valence electrons. The third-order valence-electron chi connectivity index (χ3n) is 5.22. The molecular weight excluding hydrogens is 414 g/mol. The minimum atomic E-state index is -0.0476. The van der Waals surface area contributed by atoms with Crippen molar-refractivity contribution in [3.05, 3.63) is 69.6 Å². The predicted molar refractivity (Wildman–Crippen MR) is 120 cm³/mol. The van der Waals surface area contributed by atoms with Crippen LogP contribution in [-0.4, -0.2) is 34.7 Å². The zero-order valence-corrected chi connectivity index (χ0v) is 18.3. The van der Waals surface area contributed by atoms with Crippen LogP contribution in [0.25, 0.3) is 22.5 Å². The largest absolute Gasteiger partial charge is 0.329 e. The highest BCUT2D eigenvalue weighted by atomic mass is 35.5. The van der Waals surface area contributed by atoms with E-state index in [2.05, 4.69) is 32.5 Å². The molecule has 3 heterocycles. The van der Waals surface area contributed by atoms with Crippen molar-refractivity contribution >= 4 is 11.6 Å². The monoisotopic (exact) mass is 437 g/mol. The molecule has 0 bridgehead atoms. The number of benzene rings is 1. The van der Waals surface area contributed by atoms with Crippen molar-refractivity contribution in [2.75, 3.05) is 0 Å². The maximum absolute atomic E-state index is 13.0. The summed E-state index contributed by atoms with van der Waals surface area (Å²) in [5, 5.41) is 14.7. The van der Waals surface area contributed by atoms with E-state index in [-0.39, 0.29) is 5.69 Å². The fourth-order valence-corrected chi connectivity index (χ4v) is 4.10. The first-order valence-corrected chi connectivity index (χ1v) is 10.8. The number of nitrogens with zero attached hydrogens (tertiary/aromatic N) is 6. The molecule has 0 atom stereocenters. The zero-order valence-electron chi connectivity index (χ0n) is 17.5. The molecule has 8 nitrogen and oxygen atoms in total. The Bertz CT molecular complexity index is 1210. The molecule has 31 heavy (non-hydrogen) atoms. The lowest BCUT2D eigenvalue weighted by molar-refractivity contribution is 0.619. The highest BCUT2D eigenvalue weighted by Crippen LogP contribution is 2.29. The number of nitrogens with one attached hydrogen (secondary N) is 1. The number of halogens is 1. The molecule has 0 saturated carbocycles. The van der Waals surface area contributed by atoms with Crippen LogP contribution in [0.2, 0.25) is 5.15 Å². The molecule has 3 aromatic heterocycles. The Morgan fingerprint density at radius 2 is 1.84 bits per heavy atom. The van der Waals surface area contributed by atoms with Crippen molar-refractivity contribution in [3.8, 4) is 22.5 Å². The molecule has 0 fully saturated rings. The van der Waals surface area contributed by atoms with E-state index >= 15 is 0 Å². The zero-order chi connectivity index (χ0) is 21.8. The summed E-state index contributed by atoms with van der Waals surface area (Å²) in [6.07, 6.45) is 6.04. The minimum absolute atomic E-state index is 0.0476. The number of imidazole rings is 1. The van der Waals surface area contributed by atoms with Crippen LogP contribution in [0, 0.1) is 0 Å². The van der Waals surface area contributed by atoms with Crippen LogP contribution in [0.5, 0.6) is 0 Å². The third-order valence-corrected chi connectivity index (χ3v) is 5.65. The third kappa shape index (κ3) is 4.16. The Balaban J connectivity index is 1.66. The van der Waals surface area contributed by atoms with Gasteiger partial charge in [0.2, 0.25) is 0 Å². The molecule has 9 heteroatoms.